The number of para-hydroxylation sites is 1. The fourth-order valence-corrected chi connectivity index (χ4v) is 1.81. The molecular weight excluding hydrogens is 276 g/mol. The Morgan fingerprint density at radius 1 is 1.19 bits per heavy atom. The van der Waals surface area contributed by atoms with Gasteiger partial charge in [-0.1, -0.05) is 18.2 Å². The summed E-state index contributed by atoms with van der Waals surface area (Å²) in [5.41, 5.74) is 0.875. The maximum Gasteiger partial charge on any atom is 0.326 e. The van der Waals surface area contributed by atoms with Crippen molar-refractivity contribution in [3.8, 4) is 0 Å². The van der Waals surface area contributed by atoms with Gasteiger partial charge < -0.3 is 15.5 Å². The zero-order chi connectivity index (χ0) is 15.4. The van der Waals surface area contributed by atoms with Crippen LogP contribution in [0.5, 0.6) is 0 Å². The molecule has 7 nitrogen and oxygen atoms in total. The number of carbonyl (C=O) groups excluding carboxylic acids is 1. The number of nitrogens with zero attached hydrogens (tertiary/aromatic N) is 1. The first kappa shape index (κ1) is 14.4. The summed E-state index contributed by atoms with van der Waals surface area (Å²) in [6.07, 6.45) is 0.624. The van der Waals surface area contributed by atoms with Crippen molar-refractivity contribution >= 4 is 28.7 Å². The first-order valence-corrected chi connectivity index (χ1v) is 6.07. The third-order valence-electron chi connectivity index (χ3n) is 2.83. The van der Waals surface area contributed by atoms with E-state index in [9.17, 15) is 14.4 Å². The van der Waals surface area contributed by atoms with Crippen LogP contribution in [-0.2, 0) is 9.59 Å². The van der Waals surface area contributed by atoms with Crippen LogP contribution < -0.4 is 5.32 Å². The molecule has 0 aliphatic heterocycles. The van der Waals surface area contributed by atoms with Crippen molar-refractivity contribution in [3.63, 3.8) is 0 Å². The van der Waals surface area contributed by atoms with E-state index in [0.29, 0.717) is 5.52 Å². The minimum absolute atomic E-state index is 0.172. The Bertz CT molecular complexity index is 713. The van der Waals surface area contributed by atoms with E-state index >= 15 is 0 Å². The number of aliphatic carboxylic acids is 2. The lowest BCUT2D eigenvalue weighted by atomic mass is 10.1. The highest BCUT2D eigenvalue weighted by molar-refractivity contribution is 5.99. The molecule has 0 aliphatic carbocycles. The van der Waals surface area contributed by atoms with Crippen LogP contribution in [-0.4, -0.2) is 39.1 Å². The van der Waals surface area contributed by atoms with Gasteiger partial charge in [0.1, 0.15) is 6.04 Å². The Kier molecular flexibility index (Phi) is 4.13. The Balaban J connectivity index is 2.20. The number of carboxylic acids is 2. The van der Waals surface area contributed by atoms with Crippen LogP contribution >= 0.6 is 0 Å². The highest BCUT2D eigenvalue weighted by Gasteiger charge is 2.23. The van der Waals surface area contributed by atoms with Gasteiger partial charge >= 0.3 is 11.9 Å². The van der Waals surface area contributed by atoms with E-state index in [2.05, 4.69) is 10.3 Å². The van der Waals surface area contributed by atoms with Crippen LogP contribution in [0.4, 0.5) is 0 Å². The van der Waals surface area contributed by atoms with Gasteiger partial charge in [-0.3, -0.25) is 14.6 Å². The number of rotatable bonds is 5. The number of carboxylic acid groups (broad SMARTS) is 2. The third-order valence-corrected chi connectivity index (χ3v) is 2.83. The first-order valence-electron chi connectivity index (χ1n) is 6.07. The molecule has 0 unspecified atom stereocenters. The van der Waals surface area contributed by atoms with Crippen molar-refractivity contribution in [1.82, 2.24) is 10.3 Å². The highest BCUT2D eigenvalue weighted by Crippen LogP contribution is 2.12. The van der Waals surface area contributed by atoms with Gasteiger partial charge in [-0.15, -0.1) is 0 Å². The number of carbonyl (C=O) groups is 3. The van der Waals surface area contributed by atoms with Crippen molar-refractivity contribution < 1.29 is 24.6 Å². The first-order chi connectivity index (χ1) is 9.97. The number of amides is 1. The second-order valence-electron chi connectivity index (χ2n) is 4.38. The van der Waals surface area contributed by atoms with Crippen LogP contribution in [0.25, 0.3) is 10.9 Å². The lowest BCUT2D eigenvalue weighted by molar-refractivity contribution is -0.145. The van der Waals surface area contributed by atoms with Gasteiger partial charge in [-0.25, -0.2) is 4.79 Å². The molecule has 0 radical (unpaired) electrons. The van der Waals surface area contributed by atoms with Gasteiger partial charge in [-0.05, 0) is 12.1 Å². The van der Waals surface area contributed by atoms with E-state index in [1.54, 1.807) is 24.3 Å². The number of benzene rings is 1. The van der Waals surface area contributed by atoms with Gasteiger partial charge in [0.05, 0.1) is 17.5 Å². The van der Waals surface area contributed by atoms with Crippen molar-refractivity contribution in [3.05, 3.63) is 42.1 Å². The largest absolute Gasteiger partial charge is 0.481 e. The van der Waals surface area contributed by atoms with E-state index < -0.39 is 30.3 Å². The Morgan fingerprint density at radius 2 is 1.90 bits per heavy atom. The van der Waals surface area contributed by atoms with Crippen LogP contribution in [0, 0.1) is 0 Å². The second kappa shape index (κ2) is 6.00. The smallest absolute Gasteiger partial charge is 0.326 e. The number of nitrogens with one attached hydrogen (secondary N) is 1. The van der Waals surface area contributed by atoms with Gasteiger partial charge in [0.2, 0.25) is 0 Å². The number of fused-ring (bicyclic) bond motifs is 1. The van der Waals surface area contributed by atoms with E-state index in [1.807, 2.05) is 6.07 Å². The molecule has 2 rings (SSSR count). The van der Waals surface area contributed by atoms with Crippen LogP contribution in [0.1, 0.15) is 16.8 Å². The fraction of sp³-hybridized carbons (Fsp3) is 0.143. The third kappa shape index (κ3) is 3.53. The molecule has 1 atom stereocenters. The second-order valence-corrected chi connectivity index (χ2v) is 4.38. The van der Waals surface area contributed by atoms with Crippen LogP contribution in [0.2, 0.25) is 0 Å². The zero-order valence-electron chi connectivity index (χ0n) is 10.8. The topological polar surface area (TPSA) is 117 Å². The molecule has 7 heteroatoms. The van der Waals surface area contributed by atoms with Gasteiger partial charge in [-0.2, -0.15) is 0 Å². The van der Waals surface area contributed by atoms with E-state index in [-0.39, 0.29) is 5.56 Å². The summed E-state index contributed by atoms with van der Waals surface area (Å²) in [5, 5.41) is 20.4. The summed E-state index contributed by atoms with van der Waals surface area (Å²) in [6.45, 7) is 0. The summed E-state index contributed by atoms with van der Waals surface area (Å²) in [7, 11) is 0. The van der Waals surface area contributed by atoms with E-state index in [1.165, 1.54) is 6.20 Å². The minimum Gasteiger partial charge on any atom is -0.481 e. The summed E-state index contributed by atoms with van der Waals surface area (Å²) in [5.74, 6) is -3.39. The number of hydrogen-bond acceptors (Lipinski definition) is 4. The fourth-order valence-electron chi connectivity index (χ4n) is 1.81. The predicted octanol–water partition coefficient (Wildman–Crippen LogP) is 0.892. The molecule has 1 amide bonds. The lowest BCUT2D eigenvalue weighted by Crippen LogP contribution is -2.42. The summed E-state index contributed by atoms with van der Waals surface area (Å²) < 4.78 is 0. The van der Waals surface area contributed by atoms with Crippen molar-refractivity contribution in [2.75, 3.05) is 0 Å². The average molecular weight is 288 g/mol. The van der Waals surface area contributed by atoms with Crippen LogP contribution in [0.3, 0.4) is 0 Å². The molecular formula is C14H12N2O5. The molecule has 2 aromatic rings. The van der Waals surface area contributed by atoms with Gasteiger partial charge in [0.15, 0.2) is 0 Å². The predicted molar refractivity (Wildman–Crippen MR) is 72.9 cm³/mol. The molecule has 0 saturated heterocycles. The maximum absolute atomic E-state index is 12.0. The van der Waals surface area contributed by atoms with Crippen molar-refractivity contribution in [2.24, 2.45) is 0 Å². The Morgan fingerprint density at radius 3 is 2.57 bits per heavy atom. The quantitative estimate of drug-likeness (QED) is 0.752. The standard InChI is InChI=1S/C14H12N2O5/c17-12(18)6-11(14(20)21)16-13(19)9-5-8-3-1-2-4-10(8)15-7-9/h1-5,7,11H,6H2,(H,16,19)(H,17,18)(H,20,21)/t11-/m0/s1. The average Bonchev–Trinajstić information content (AvgIpc) is 2.45. The molecule has 0 aliphatic rings. The summed E-state index contributed by atoms with van der Waals surface area (Å²) >= 11 is 0. The number of pyridine rings is 1. The van der Waals surface area contributed by atoms with Gasteiger partial charge in [0.25, 0.3) is 5.91 Å². The molecule has 0 fully saturated rings. The summed E-state index contributed by atoms with van der Waals surface area (Å²) in [6, 6.07) is 7.23. The molecule has 1 aromatic carbocycles. The molecule has 0 bridgehead atoms. The van der Waals surface area contributed by atoms with Crippen molar-refractivity contribution in [1.29, 1.82) is 0 Å². The van der Waals surface area contributed by atoms with E-state index in [0.717, 1.165) is 5.39 Å². The minimum atomic E-state index is -1.48. The molecule has 3 N–H and O–H groups in total. The SMILES string of the molecule is O=C(O)C[C@H](NC(=O)c1cnc2ccccc2c1)C(=O)O. The summed E-state index contributed by atoms with van der Waals surface area (Å²) in [4.78, 5) is 37.6. The number of aromatic nitrogens is 1. The van der Waals surface area contributed by atoms with Gasteiger partial charge in [0, 0.05) is 11.6 Å². The Labute approximate surface area is 119 Å². The lowest BCUT2D eigenvalue weighted by Gasteiger charge is -2.12. The maximum atomic E-state index is 12.0. The molecule has 0 saturated carbocycles. The highest BCUT2D eigenvalue weighted by atomic mass is 16.4. The van der Waals surface area contributed by atoms with Crippen molar-refractivity contribution in [2.45, 2.75) is 12.5 Å². The normalized spacial score (nSPS) is 11.8. The van der Waals surface area contributed by atoms with E-state index in [4.69, 9.17) is 10.2 Å². The molecule has 0 spiro atoms. The number of hydrogen-bond donors (Lipinski definition) is 3. The molecule has 108 valence electrons. The monoisotopic (exact) mass is 288 g/mol. The zero-order valence-corrected chi connectivity index (χ0v) is 10.8. The molecule has 1 aromatic heterocycles. The molecule has 21 heavy (non-hydrogen) atoms. The molecule has 1 heterocycles. The Hall–Kier alpha value is -2.96. The van der Waals surface area contributed by atoms with Crippen LogP contribution in [0.15, 0.2) is 36.5 Å².